The summed E-state index contributed by atoms with van der Waals surface area (Å²) in [6.07, 6.45) is 0.772. The number of fused-ring (bicyclic) bond motifs is 3. The molecule has 0 saturated carbocycles. The molecule has 0 aliphatic heterocycles. The Morgan fingerprint density at radius 1 is 1.00 bits per heavy atom. The molecule has 0 heterocycles. The second-order valence-electron chi connectivity index (χ2n) is 8.90. The zero-order valence-electron chi connectivity index (χ0n) is 16.6. The molecule has 0 bridgehead atoms. The van der Waals surface area contributed by atoms with Gasteiger partial charge in [-0.3, -0.25) is 0 Å². The fraction of sp³-hybridized carbons (Fsp3) is 0.429. The maximum absolute atomic E-state index is 9.42. The van der Waals surface area contributed by atoms with Gasteiger partial charge in [0, 0.05) is 0 Å². The van der Waals surface area contributed by atoms with Crippen LogP contribution in [-0.2, 0) is 12.7 Å². The van der Waals surface area contributed by atoms with Crippen LogP contribution in [0.2, 0.25) is 12.6 Å². The Balaban J connectivity index is 2.24. The predicted molar refractivity (Wildman–Crippen MR) is 118 cm³/mol. The fourth-order valence-corrected chi connectivity index (χ4v) is 29.3. The summed E-state index contributed by atoms with van der Waals surface area (Å²) < 4.78 is 3.88. The fourth-order valence-electron chi connectivity index (χ4n) is 4.58. The molecule has 6 heteroatoms. The Bertz CT molecular complexity index is 791. The number of halogens is 2. The quantitative estimate of drug-likeness (QED) is 0.536. The molecule has 1 atom stereocenters. The van der Waals surface area contributed by atoms with Crippen LogP contribution in [0.15, 0.2) is 48.5 Å². The number of hydrogen-bond donors (Lipinski definition) is 2. The first-order chi connectivity index (χ1) is 12.6. The van der Waals surface area contributed by atoms with E-state index in [9.17, 15) is 5.11 Å². The summed E-state index contributed by atoms with van der Waals surface area (Å²) in [5.74, 6) is 0. The molecule has 27 heavy (non-hydrogen) atoms. The summed E-state index contributed by atoms with van der Waals surface area (Å²) in [6.45, 7) is 7.37. The summed E-state index contributed by atoms with van der Waals surface area (Å²) in [5.41, 5.74) is 4.87. The van der Waals surface area contributed by atoms with Crippen molar-refractivity contribution in [2.45, 2.75) is 49.5 Å². The van der Waals surface area contributed by atoms with E-state index in [0.717, 1.165) is 12.5 Å². The standard InChI is InChI=1S/C13H9.C4H10N.C4H11OSi.2ClH.Ti/c1-3-7-12-10(5-1)9-11-6-2-4-8-13(11)12;1-4(2,3)5;1-6-4-2-3-5;;;/h1-9H;5H,1-3H3;5-6H,2-4H2,1H3;2*1H;/q;-1;;;;+3/p-2. The Morgan fingerprint density at radius 2 is 1.48 bits per heavy atom. The Kier molecular flexibility index (Phi) is 6.08. The van der Waals surface area contributed by atoms with Crippen LogP contribution in [0.25, 0.3) is 11.1 Å². The van der Waals surface area contributed by atoms with Crippen LogP contribution in [0, 0.1) is 0 Å². The van der Waals surface area contributed by atoms with E-state index in [1.54, 1.807) is 0 Å². The van der Waals surface area contributed by atoms with Crippen LogP contribution in [-0.4, -0.2) is 23.9 Å². The summed E-state index contributed by atoms with van der Waals surface area (Å²) in [6, 6.07) is 18.1. The van der Waals surface area contributed by atoms with E-state index in [4.69, 9.17) is 18.6 Å². The van der Waals surface area contributed by atoms with Gasteiger partial charge < -0.3 is 0 Å². The van der Waals surface area contributed by atoms with Crippen molar-refractivity contribution in [2.75, 3.05) is 6.61 Å². The van der Waals surface area contributed by atoms with Gasteiger partial charge in [-0.25, -0.2) is 0 Å². The van der Waals surface area contributed by atoms with Gasteiger partial charge in [-0.1, -0.05) is 0 Å². The van der Waals surface area contributed by atoms with Gasteiger partial charge in [0.2, 0.25) is 0 Å². The zero-order chi connectivity index (χ0) is 19.9. The van der Waals surface area contributed by atoms with Crippen molar-refractivity contribution in [3.63, 3.8) is 0 Å². The molecule has 0 fully saturated rings. The second kappa shape index (κ2) is 7.61. The van der Waals surface area contributed by atoms with Crippen LogP contribution < -0.4 is 3.80 Å². The molecule has 0 spiro atoms. The Labute approximate surface area is 173 Å². The van der Waals surface area contributed by atoms with E-state index < -0.39 is 19.4 Å². The number of hydrogen-bond acceptors (Lipinski definition) is 2. The van der Waals surface area contributed by atoms with E-state index in [0.29, 0.717) is 0 Å². The normalized spacial score (nSPS) is 17.1. The van der Waals surface area contributed by atoms with Gasteiger partial charge in [0.1, 0.15) is 0 Å². The van der Waals surface area contributed by atoms with Crippen molar-refractivity contribution < 1.29 is 17.8 Å². The van der Waals surface area contributed by atoms with E-state index in [-0.39, 0.29) is 16.4 Å². The van der Waals surface area contributed by atoms with Gasteiger partial charge in [0.05, 0.1) is 0 Å². The van der Waals surface area contributed by atoms with E-state index in [1.807, 2.05) is 0 Å². The van der Waals surface area contributed by atoms with E-state index >= 15 is 0 Å². The monoisotopic (exact) mass is 458 g/mol. The molecule has 2 aromatic rings. The molecule has 0 aromatic heterocycles. The van der Waals surface area contributed by atoms with Crippen molar-refractivity contribution >= 4 is 25.3 Å². The first-order valence-electron chi connectivity index (χ1n) is 9.74. The average Bonchev–Trinajstić information content (AvgIpc) is 2.93. The molecular weight excluding hydrogens is 429 g/mol. The summed E-state index contributed by atoms with van der Waals surface area (Å²) in [4.78, 5) is 0. The van der Waals surface area contributed by atoms with Gasteiger partial charge in [-0.05, 0) is 0 Å². The average molecular weight is 459 g/mol. The van der Waals surface area contributed by atoms with Gasteiger partial charge in [-0.15, -0.1) is 0 Å². The molecule has 0 radical (unpaired) electrons. The molecule has 2 aromatic carbocycles. The van der Waals surface area contributed by atoms with Crippen LogP contribution in [0.5, 0.6) is 0 Å². The number of benzene rings is 2. The third kappa shape index (κ3) is 3.98. The molecule has 147 valence electrons. The predicted octanol–water partition coefficient (Wildman–Crippen LogP) is 5.79. The topological polar surface area (TPSA) is 32.3 Å². The van der Waals surface area contributed by atoms with Gasteiger partial charge in [0.15, 0.2) is 0 Å². The van der Waals surface area contributed by atoms with E-state index in [1.165, 1.54) is 22.3 Å². The summed E-state index contributed by atoms with van der Waals surface area (Å²) in [5, 5.41) is 9.42. The third-order valence-electron chi connectivity index (χ3n) is 5.68. The Morgan fingerprint density at radius 3 is 1.93 bits per heavy atom. The number of nitrogens with one attached hydrogen (secondary N) is 1. The van der Waals surface area contributed by atoms with Gasteiger partial charge in [0.25, 0.3) is 0 Å². The molecule has 1 aliphatic rings. The molecule has 2 nitrogen and oxygen atoms in total. The van der Waals surface area contributed by atoms with Crippen LogP contribution in [0.4, 0.5) is 0 Å². The third-order valence-corrected chi connectivity index (χ3v) is 36.9. The first-order valence-corrected chi connectivity index (χ1v) is 21.0. The first kappa shape index (κ1) is 21.6. The van der Waals surface area contributed by atoms with Crippen molar-refractivity contribution in [1.82, 2.24) is 3.80 Å². The van der Waals surface area contributed by atoms with Crippen LogP contribution >= 0.6 is 18.6 Å². The van der Waals surface area contributed by atoms with E-state index in [2.05, 4.69) is 79.6 Å². The van der Waals surface area contributed by atoms with Crippen LogP contribution in [0.3, 0.4) is 0 Å². The molecule has 1 aliphatic carbocycles. The summed E-state index contributed by atoms with van der Waals surface area (Å²) >= 11 is -4.26. The number of aliphatic hydroxyl groups excluding tert-OH is 1. The summed E-state index contributed by atoms with van der Waals surface area (Å²) in [7, 11) is 15.5. The number of aliphatic hydroxyl groups is 1. The molecule has 1 unspecified atom stereocenters. The molecule has 3 rings (SSSR count). The van der Waals surface area contributed by atoms with Crippen molar-refractivity contribution in [3.8, 4) is 11.1 Å². The van der Waals surface area contributed by atoms with Crippen molar-refractivity contribution in [2.24, 2.45) is 0 Å². The molecule has 0 saturated heterocycles. The molecular formula is C21H30Cl2NOSiTi. The minimum absolute atomic E-state index is 0.0392. The molecule has 0 amide bonds. The zero-order valence-corrected chi connectivity index (χ0v) is 20.8. The van der Waals surface area contributed by atoms with Crippen molar-refractivity contribution in [3.05, 3.63) is 59.7 Å². The van der Waals surface area contributed by atoms with Crippen molar-refractivity contribution in [1.29, 1.82) is 0 Å². The van der Waals surface area contributed by atoms with Crippen LogP contribution in [0.1, 0.15) is 42.5 Å². The molecule has 2 N–H and O–H groups in total. The second-order valence-corrected chi connectivity index (χ2v) is 36.3. The Hall–Kier alpha value is -0.129. The minimum atomic E-state index is -4.26. The SMILES string of the molecule is C[SiH](CCCO)[Ti]([Cl])([Cl])([NH]C(C)(C)C)[CH]1c2ccccc2-c2ccccc21. The number of rotatable bonds is 6. The maximum atomic E-state index is 9.42. The van der Waals surface area contributed by atoms with Gasteiger partial charge in [-0.2, -0.15) is 0 Å². The van der Waals surface area contributed by atoms with Gasteiger partial charge >= 0.3 is 174 Å².